The molecule has 0 unspecified atom stereocenters. The summed E-state index contributed by atoms with van der Waals surface area (Å²) in [7, 11) is 0. The maximum atomic E-state index is 13.0. The Balaban J connectivity index is 1.83. The number of fused-ring (bicyclic) bond motifs is 1. The number of hydrogen-bond donors (Lipinski definition) is 1. The number of aromatic nitrogens is 3. The summed E-state index contributed by atoms with van der Waals surface area (Å²) < 4.78 is 40.9. The number of imidazole rings is 1. The molecule has 7 heteroatoms. The summed E-state index contributed by atoms with van der Waals surface area (Å²) in [5.74, 6) is 0.579. The summed E-state index contributed by atoms with van der Waals surface area (Å²) in [6.07, 6.45) is 0.525. The van der Waals surface area contributed by atoms with Gasteiger partial charge in [-0.25, -0.2) is 4.98 Å². The molecule has 27 heavy (non-hydrogen) atoms. The van der Waals surface area contributed by atoms with Crippen molar-refractivity contribution in [1.29, 1.82) is 0 Å². The van der Waals surface area contributed by atoms with E-state index < -0.39 is 11.7 Å². The van der Waals surface area contributed by atoms with Gasteiger partial charge in [-0.1, -0.05) is 35.9 Å². The zero-order valence-electron chi connectivity index (χ0n) is 14.3. The molecule has 4 nitrogen and oxygen atoms in total. The van der Waals surface area contributed by atoms with Crippen LogP contribution >= 0.6 is 0 Å². The molecule has 136 valence electrons. The van der Waals surface area contributed by atoms with E-state index in [-0.39, 0.29) is 0 Å². The topological polar surface area (TPSA) is 42.2 Å². The number of hydrogen-bond acceptors (Lipinski definition) is 3. The van der Waals surface area contributed by atoms with Crippen LogP contribution in [0.3, 0.4) is 0 Å². The van der Waals surface area contributed by atoms with Gasteiger partial charge in [0.05, 0.1) is 11.8 Å². The maximum Gasteiger partial charge on any atom is 0.416 e. The Bertz CT molecular complexity index is 1100. The molecule has 0 fully saturated rings. The van der Waals surface area contributed by atoms with Gasteiger partial charge in [0.25, 0.3) is 0 Å². The normalized spacial score (nSPS) is 11.7. The van der Waals surface area contributed by atoms with Gasteiger partial charge in [-0.15, -0.1) is 0 Å². The predicted molar refractivity (Wildman–Crippen MR) is 97.9 cm³/mol. The molecular weight excluding hydrogens is 353 g/mol. The first kappa shape index (κ1) is 17.1. The van der Waals surface area contributed by atoms with Gasteiger partial charge < -0.3 is 5.32 Å². The number of alkyl halides is 3. The lowest BCUT2D eigenvalue weighted by atomic mass is 10.1. The van der Waals surface area contributed by atoms with Crippen LogP contribution in [-0.2, 0) is 6.18 Å². The minimum atomic E-state index is -4.40. The lowest BCUT2D eigenvalue weighted by Gasteiger charge is -2.12. The van der Waals surface area contributed by atoms with Crippen LogP contribution in [0.25, 0.3) is 16.9 Å². The number of anilines is 2. The molecular formula is C20H15F3N4. The Morgan fingerprint density at radius 3 is 2.56 bits per heavy atom. The highest BCUT2D eigenvalue weighted by Gasteiger charge is 2.30. The minimum absolute atomic E-state index is 0.330. The number of benzene rings is 2. The van der Waals surface area contributed by atoms with Crippen LogP contribution in [0.4, 0.5) is 24.7 Å². The molecule has 0 aliphatic carbocycles. The van der Waals surface area contributed by atoms with E-state index in [1.165, 1.54) is 6.07 Å². The molecule has 0 saturated heterocycles. The quantitative estimate of drug-likeness (QED) is 0.522. The van der Waals surface area contributed by atoms with Gasteiger partial charge >= 0.3 is 6.18 Å². The Hall–Kier alpha value is -3.35. The van der Waals surface area contributed by atoms with Gasteiger partial charge in [0.1, 0.15) is 11.5 Å². The molecule has 1 N–H and O–H groups in total. The number of halogens is 3. The van der Waals surface area contributed by atoms with Crippen molar-refractivity contribution in [2.24, 2.45) is 0 Å². The van der Waals surface area contributed by atoms with Gasteiger partial charge in [0.15, 0.2) is 5.65 Å². The van der Waals surface area contributed by atoms with Gasteiger partial charge in [0, 0.05) is 23.6 Å². The molecule has 2 heterocycles. The van der Waals surface area contributed by atoms with Crippen LogP contribution in [0.1, 0.15) is 11.1 Å². The molecule has 0 atom stereocenters. The van der Waals surface area contributed by atoms with Crippen molar-refractivity contribution in [3.05, 3.63) is 78.2 Å². The molecule has 0 saturated carbocycles. The van der Waals surface area contributed by atoms with E-state index >= 15 is 0 Å². The first-order valence-electron chi connectivity index (χ1n) is 8.25. The van der Waals surface area contributed by atoms with Crippen LogP contribution in [0.5, 0.6) is 0 Å². The first-order valence-corrected chi connectivity index (χ1v) is 8.25. The van der Waals surface area contributed by atoms with E-state index in [9.17, 15) is 13.2 Å². The number of rotatable bonds is 3. The van der Waals surface area contributed by atoms with Crippen molar-refractivity contribution in [2.45, 2.75) is 13.1 Å². The Morgan fingerprint density at radius 1 is 1.04 bits per heavy atom. The number of aryl methyl sites for hydroxylation is 1. The molecule has 0 aliphatic rings. The van der Waals surface area contributed by atoms with Crippen molar-refractivity contribution in [1.82, 2.24) is 14.4 Å². The highest BCUT2D eigenvalue weighted by atomic mass is 19.4. The maximum absolute atomic E-state index is 13.0. The summed E-state index contributed by atoms with van der Waals surface area (Å²) in [4.78, 5) is 8.66. The highest BCUT2D eigenvalue weighted by Crippen LogP contribution is 2.34. The zero-order chi connectivity index (χ0) is 19.0. The molecule has 2 aromatic heterocycles. The second-order valence-electron chi connectivity index (χ2n) is 6.18. The summed E-state index contributed by atoms with van der Waals surface area (Å²) in [5.41, 5.74) is 2.83. The highest BCUT2D eigenvalue weighted by molar-refractivity contribution is 5.79. The van der Waals surface area contributed by atoms with Crippen molar-refractivity contribution in [3.63, 3.8) is 0 Å². The standard InChI is InChI=1S/C20H15F3N4/c1-13-5-7-14(8-6-13)18-19(27-10-9-24-12-17(27)26-18)25-16-4-2-3-15(11-16)20(21,22)23/h2-12,25H,1H3. The number of nitrogens with one attached hydrogen (secondary N) is 1. The fourth-order valence-corrected chi connectivity index (χ4v) is 2.85. The van der Waals surface area contributed by atoms with Crippen LogP contribution in [0.15, 0.2) is 67.1 Å². The van der Waals surface area contributed by atoms with Crippen LogP contribution < -0.4 is 5.32 Å². The smallest absolute Gasteiger partial charge is 0.339 e. The zero-order valence-corrected chi connectivity index (χ0v) is 14.3. The summed E-state index contributed by atoms with van der Waals surface area (Å²) in [5, 5.41) is 3.09. The second-order valence-corrected chi connectivity index (χ2v) is 6.18. The Morgan fingerprint density at radius 2 is 1.81 bits per heavy atom. The van der Waals surface area contributed by atoms with E-state index in [4.69, 9.17) is 0 Å². The van der Waals surface area contributed by atoms with Crippen molar-refractivity contribution in [3.8, 4) is 11.3 Å². The Kier molecular flexibility index (Phi) is 4.07. The van der Waals surface area contributed by atoms with Crippen LogP contribution in [-0.4, -0.2) is 14.4 Å². The third-order valence-electron chi connectivity index (χ3n) is 4.21. The number of nitrogens with zero attached hydrogens (tertiary/aromatic N) is 3. The molecule has 4 rings (SSSR count). The summed E-state index contributed by atoms with van der Waals surface area (Å²) in [6, 6.07) is 12.9. The molecule has 4 aromatic rings. The lowest BCUT2D eigenvalue weighted by Crippen LogP contribution is -2.05. The second kappa shape index (κ2) is 6.42. The monoisotopic (exact) mass is 368 g/mol. The molecule has 0 aliphatic heterocycles. The fraction of sp³-hybridized carbons (Fsp3) is 0.100. The van der Waals surface area contributed by atoms with E-state index in [0.717, 1.165) is 23.3 Å². The SMILES string of the molecule is Cc1ccc(-c2nc3cnccn3c2Nc2cccc(C(F)(F)F)c2)cc1. The first-order chi connectivity index (χ1) is 12.9. The van der Waals surface area contributed by atoms with Gasteiger partial charge in [-0.05, 0) is 25.1 Å². The van der Waals surface area contributed by atoms with Gasteiger partial charge in [-0.3, -0.25) is 9.38 Å². The van der Waals surface area contributed by atoms with E-state index in [2.05, 4.69) is 15.3 Å². The van der Waals surface area contributed by atoms with Gasteiger partial charge in [-0.2, -0.15) is 13.2 Å². The minimum Gasteiger partial charge on any atom is -0.339 e. The third kappa shape index (κ3) is 3.36. The average Bonchev–Trinajstić information content (AvgIpc) is 3.01. The summed E-state index contributed by atoms with van der Waals surface area (Å²) in [6.45, 7) is 1.99. The van der Waals surface area contributed by atoms with Crippen LogP contribution in [0.2, 0.25) is 0 Å². The largest absolute Gasteiger partial charge is 0.416 e. The third-order valence-corrected chi connectivity index (χ3v) is 4.21. The molecule has 2 aromatic carbocycles. The molecule has 0 amide bonds. The van der Waals surface area contributed by atoms with E-state index in [1.807, 2.05) is 31.2 Å². The molecule has 0 spiro atoms. The lowest BCUT2D eigenvalue weighted by molar-refractivity contribution is -0.137. The average molecular weight is 368 g/mol. The molecule has 0 radical (unpaired) electrons. The van der Waals surface area contributed by atoms with Crippen molar-refractivity contribution < 1.29 is 13.2 Å². The van der Waals surface area contributed by atoms with Gasteiger partial charge in [0.2, 0.25) is 0 Å². The fourth-order valence-electron chi connectivity index (χ4n) is 2.85. The molecule has 0 bridgehead atoms. The summed E-state index contributed by atoms with van der Waals surface area (Å²) >= 11 is 0. The van der Waals surface area contributed by atoms with Crippen molar-refractivity contribution in [2.75, 3.05) is 5.32 Å². The van der Waals surface area contributed by atoms with E-state index in [1.54, 1.807) is 29.1 Å². The predicted octanol–water partition coefficient (Wildman–Crippen LogP) is 5.47. The van der Waals surface area contributed by atoms with Crippen LogP contribution in [0, 0.1) is 6.92 Å². The van der Waals surface area contributed by atoms with Crippen molar-refractivity contribution >= 4 is 17.2 Å². The Labute approximate surface area is 153 Å². The van der Waals surface area contributed by atoms with E-state index in [0.29, 0.717) is 22.8 Å².